The van der Waals surface area contributed by atoms with E-state index in [4.69, 9.17) is 9.47 Å². The molecule has 134 valence electrons. The Balaban J connectivity index is 2.11. The highest BCUT2D eigenvalue weighted by Crippen LogP contribution is 2.36. The summed E-state index contributed by atoms with van der Waals surface area (Å²) in [6, 6.07) is 0. The van der Waals surface area contributed by atoms with Gasteiger partial charge in [-0.15, -0.1) is 0 Å². The van der Waals surface area contributed by atoms with Crippen LogP contribution in [0.25, 0.3) is 0 Å². The summed E-state index contributed by atoms with van der Waals surface area (Å²) in [4.78, 5) is 0. The van der Waals surface area contributed by atoms with Crippen LogP contribution < -0.4 is 0 Å². The normalized spacial score (nSPS) is 45.2. The lowest BCUT2D eigenvalue weighted by molar-refractivity contribution is -0.334. The number of ether oxygens (including phenoxy) is 2. The maximum absolute atomic E-state index is 10.4. The van der Waals surface area contributed by atoms with Gasteiger partial charge in [-0.05, 0) is 25.7 Å². The van der Waals surface area contributed by atoms with Gasteiger partial charge in [0.25, 0.3) is 0 Å². The molecule has 0 aromatic carbocycles. The third-order valence-electron chi connectivity index (χ3n) is 4.88. The second-order valence-electron chi connectivity index (χ2n) is 6.99. The van der Waals surface area contributed by atoms with Gasteiger partial charge in [0.05, 0.1) is 18.3 Å². The predicted molar refractivity (Wildman–Crippen MR) is 81.4 cm³/mol. The molecule has 0 aromatic rings. The molecule has 0 saturated carbocycles. The quantitative estimate of drug-likeness (QED) is 0.432. The topological polar surface area (TPSA) is 120 Å². The number of hydrogen-bond donors (Lipinski definition) is 5. The highest BCUT2D eigenvalue weighted by molar-refractivity contribution is 5.15. The van der Waals surface area contributed by atoms with Gasteiger partial charge in [-0.25, -0.2) is 0 Å². The fourth-order valence-corrected chi connectivity index (χ4v) is 3.02. The molecule has 0 aromatic heterocycles. The lowest BCUT2D eigenvalue weighted by Crippen LogP contribution is -2.61. The summed E-state index contributed by atoms with van der Waals surface area (Å²) in [5.74, 6) is 0.335. The van der Waals surface area contributed by atoms with Gasteiger partial charge in [-0.1, -0.05) is 25.5 Å². The second-order valence-corrected chi connectivity index (χ2v) is 6.99. The van der Waals surface area contributed by atoms with Crippen LogP contribution in [0.15, 0.2) is 11.6 Å². The van der Waals surface area contributed by atoms with Crippen molar-refractivity contribution in [3.63, 3.8) is 0 Å². The van der Waals surface area contributed by atoms with Gasteiger partial charge in [0.1, 0.15) is 24.4 Å². The lowest BCUT2D eigenvalue weighted by Gasteiger charge is -2.46. The van der Waals surface area contributed by atoms with Crippen LogP contribution in [0.1, 0.15) is 33.6 Å². The summed E-state index contributed by atoms with van der Waals surface area (Å²) in [6.07, 6.45) is -4.50. The first-order valence-electron chi connectivity index (χ1n) is 8.05. The lowest BCUT2D eigenvalue weighted by atomic mass is 9.80. The molecule has 1 aliphatic carbocycles. The van der Waals surface area contributed by atoms with E-state index >= 15 is 0 Å². The summed E-state index contributed by atoms with van der Waals surface area (Å²) in [5.41, 5.74) is 0.166. The third-order valence-corrected chi connectivity index (χ3v) is 4.88. The molecule has 7 nitrogen and oxygen atoms in total. The smallest absolute Gasteiger partial charge is 0.187 e. The maximum Gasteiger partial charge on any atom is 0.187 e. The molecule has 0 spiro atoms. The first-order valence-corrected chi connectivity index (χ1v) is 8.05. The molecule has 1 saturated heterocycles. The fraction of sp³-hybridized carbons (Fsp3) is 0.875. The average molecular weight is 332 g/mol. The van der Waals surface area contributed by atoms with Crippen molar-refractivity contribution in [1.29, 1.82) is 0 Å². The van der Waals surface area contributed by atoms with Crippen LogP contribution in [0, 0.1) is 5.92 Å². The van der Waals surface area contributed by atoms with Crippen LogP contribution in [0.5, 0.6) is 0 Å². The van der Waals surface area contributed by atoms with Gasteiger partial charge in [0.2, 0.25) is 0 Å². The van der Waals surface area contributed by atoms with Crippen LogP contribution >= 0.6 is 0 Å². The molecule has 1 fully saturated rings. The monoisotopic (exact) mass is 332 g/mol. The Labute approximate surface area is 136 Å². The zero-order chi connectivity index (χ0) is 17.4. The van der Waals surface area contributed by atoms with Crippen LogP contribution in [0.4, 0.5) is 0 Å². The molecular formula is C16H28O7. The standard InChI is InChI=1S/C16H28O7/c1-8(2)9-4-5-16(3,11(18)6-9)23-15-14(21)13(20)12(19)10(7-17)22-15/h4,8,10-15,17-21H,5-7H2,1-3H3/t10-,11-,12-,13+,14-,15+,16-/m1/s1. The van der Waals surface area contributed by atoms with Gasteiger partial charge in [0.15, 0.2) is 6.29 Å². The summed E-state index contributed by atoms with van der Waals surface area (Å²) in [5, 5.41) is 49.3. The van der Waals surface area contributed by atoms with Crippen molar-refractivity contribution in [2.24, 2.45) is 5.92 Å². The minimum Gasteiger partial charge on any atom is -0.394 e. The molecule has 1 aliphatic heterocycles. The molecule has 7 atom stereocenters. The van der Waals surface area contributed by atoms with Gasteiger partial charge >= 0.3 is 0 Å². The number of aliphatic hydroxyl groups is 5. The van der Waals surface area contributed by atoms with Crippen LogP contribution in [-0.2, 0) is 9.47 Å². The molecule has 0 unspecified atom stereocenters. The zero-order valence-electron chi connectivity index (χ0n) is 13.8. The Morgan fingerprint density at radius 2 is 1.87 bits per heavy atom. The predicted octanol–water partition coefficient (Wildman–Crippen LogP) is -0.701. The zero-order valence-corrected chi connectivity index (χ0v) is 13.8. The molecule has 5 N–H and O–H groups in total. The largest absolute Gasteiger partial charge is 0.394 e. The molecular weight excluding hydrogens is 304 g/mol. The van der Waals surface area contributed by atoms with E-state index in [-0.39, 0.29) is 0 Å². The fourth-order valence-electron chi connectivity index (χ4n) is 3.02. The Morgan fingerprint density at radius 1 is 1.22 bits per heavy atom. The minimum absolute atomic E-state index is 0.335. The van der Waals surface area contributed by atoms with Crippen molar-refractivity contribution in [1.82, 2.24) is 0 Å². The SMILES string of the molecule is CC(C)C1=CC[C@@](C)(O[C@@H]2O[C@H](CO)[C@@H](O)[C@H](O)[C@H]2O)[C@H](O)C1. The number of rotatable bonds is 4. The first kappa shape index (κ1) is 18.8. The van der Waals surface area contributed by atoms with E-state index in [1.54, 1.807) is 6.92 Å². The first-order chi connectivity index (χ1) is 10.7. The summed E-state index contributed by atoms with van der Waals surface area (Å²) >= 11 is 0. The Kier molecular flexibility index (Phi) is 5.84. The van der Waals surface area contributed by atoms with Crippen molar-refractivity contribution >= 4 is 0 Å². The van der Waals surface area contributed by atoms with Crippen molar-refractivity contribution in [3.8, 4) is 0 Å². The van der Waals surface area contributed by atoms with Crippen molar-refractivity contribution in [3.05, 3.63) is 11.6 Å². The van der Waals surface area contributed by atoms with E-state index < -0.39 is 49.0 Å². The van der Waals surface area contributed by atoms with E-state index in [0.29, 0.717) is 18.8 Å². The van der Waals surface area contributed by atoms with Gasteiger partial charge in [-0.3, -0.25) is 0 Å². The van der Waals surface area contributed by atoms with Crippen LogP contribution in [-0.4, -0.2) is 74.6 Å². The van der Waals surface area contributed by atoms with Crippen molar-refractivity contribution < 1.29 is 35.0 Å². The molecule has 0 bridgehead atoms. The van der Waals surface area contributed by atoms with E-state index in [0.717, 1.165) is 5.57 Å². The number of hydrogen-bond acceptors (Lipinski definition) is 7. The number of aliphatic hydroxyl groups excluding tert-OH is 5. The average Bonchev–Trinajstić information content (AvgIpc) is 2.50. The van der Waals surface area contributed by atoms with E-state index in [9.17, 15) is 25.5 Å². The minimum atomic E-state index is -1.49. The summed E-state index contributed by atoms with van der Waals surface area (Å²) in [6.45, 7) is 5.31. The Bertz CT molecular complexity index is 436. The molecule has 0 radical (unpaired) electrons. The molecule has 7 heteroatoms. The van der Waals surface area contributed by atoms with Crippen molar-refractivity contribution in [2.75, 3.05) is 6.61 Å². The van der Waals surface area contributed by atoms with E-state index in [1.807, 2.05) is 6.08 Å². The van der Waals surface area contributed by atoms with Gasteiger partial charge < -0.3 is 35.0 Å². The van der Waals surface area contributed by atoms with E-state index in [2.05, 4.69) is 13.8 Å². The molecule has 0 amide bonds. The summed E-state index contributed by atoms with van der Waals surface area (Å²) in [7, 11) is 0. The van der Waals surface area contributed by atoms with Gasteiger partial charge in [-0.2, -0.15) is 0 Å². The van der Waals surface area contributed by atoms with E-state index in [1.165, 1.54) is 0 Å². The molecule has 1 heterocycles. The summed E-state index contributed by atoms with van der Waals surface area (Å²) < 4.78 is 11.1. The van der Waals surface area contributed by atoms with Crippen LogP contribution in [0.2, 0.25) is 0 Å². The molecule has 2 aliphatic rings. The Morgan fingerprint density at radius 3 is 2.39 bits per heavy atom. The second kappa shape index (κ2) is 7.14. The molecule has 23 heavy (non-hydrogen) atoms. The third kappa shape index (κ3) is 3.76. The highest BCUT2D eigenvalue weighted by Gasteiger charge is 2.48. The highest BCUT2D eigenvalue weighted by atomic mass is 16.7. The Hall–Kier alpha value is -0.540. The van der Waals surface area contributed by atoms with Crippen LogP contribution in [0.3, 0.4) is 0 Å². The van der Waals surface area contributed by atoms with Crippen molar-refractivity contribution in [2.45, 2.75) is 76.0 Å². The van der Waals surface area contributed by atoms with Gasteiger partial charge in [0, 0.05) is 0 Å². The maximum atomic E-state index is 10.4. The molecule has 2 rings (SSSR count).